The number of benzene rings is 1. The zero-order valence-corrected chi connectivity index (χ0v) is 11.7. The number of hydrogen-bond acceptors (Lipinski definition) is 4. The average Bonchev–Trinajstić information content (AvgIpc) is 2.43. The highest BCUT2D eigenvalue weighted by Gasteiger charge is 2.21. The summed E-state index contributed by atoms with van der Waals surface area (Å²) in [6, 6.07) is 6.25. The summed E-state index contributed by atoms with van der Waals surface area (Å²) in [6.45, 7) is 3.48. The third-order valence-corrected chi connectivity index (χ3v) is 3.45. The van der Waals surface area contributed by atoms with Crippen LogP contribution in [-0.4, -0.2) is 31.5 Å². The van der Waals surface area contributed by atoms with E-state index in [9.17, 15) is 5.11 Å². The molecule has 1 aromatic carbocycles. The molecule has 1 heterocycles. The molecule has 4 heteroatoms. The van der Waals surface area contributed by atoms with Crippen molar-refractivity contribution in [1.29, 1.82) is 0 Å². The first-order valence-corrected chi connectivity index (χ1v) is 6.93. The topological polar surface area (TPSA) is 50.7 Å². The first-order chi connectivity index (χ1) is 9.20. The van der Waals surface area contributed by atoms with Crippen molar-refractivity contribution in [1.82, 2.24) is 5.32 Å². The molecule has 0 radical (unpaired) electrons. The molecule has 0 aliphatic carbocycles. The lowest BCUT2D eigenvalue weighted by atomic mass is 10.00. The fourth-order valence-corrected chi connectivity index (χ4v) is 2.39. The molecule has 1 aliphatic rings. The van der Waals surface area contributed by atoms with Gasteiger partial charge in [-0.3, -0.25) is 0 Å². The Bertz CT molecular complexity index is 406. The van der Waals surface area contributed by atoms with Gasteiger partial charge in [0.1, 0.15) is 11.5 Å². The molecule has 0 aromatic heterocycles. The minimum absolute atomic E-state index is 0.219. The lowest BCUT2D eigenvalue weighted by Gasteiger charge is -2.27. The van der Waals surface area contributed by atoms with Crippen LogP contribution in [0.4, 0.5) is 0 Å². The highest BCUT2D eigenvalue weighted by atomic mass is 16.5. The quantitative estimate of drug-likeness (QED) is 0.775. The number of methoxy groups -OCH3 is 1. The van der Waals surface area contributed by atoms with Gasteiger partial charge >= 0.3 is 0 Å². The summed E-state index contributed by atoms with van der Waals surface area (Å²) in [5, 5.41) is 12.8. The van der Waals surface area contributed by atoms with Gasteiger partial charge in [0.05, 0.1) is 19.8 Å². The SMILES string of the molecule is COc1ccc2c(c1)C(NCCCC(C)O)CCO2. The second kappa shape index (κ2) is 6.78. The summed E-state index contributed by atoms with van der Waals surface area (Å²) in [5.41, 5.74) is 1.17. The number of hydrogen-bond donors (Lipinski definition) is 2. The molecule has 2 atom stereocenters. The Balaban J connectivity index is 1.96. The van der Waals surface area contributed by atoms with Crippen LogP contribution < -0.4 is 14.8 Å². The first kappa shape index (κ1) is 14.2. The van der Waals surface area contributed by atoms with Crippen LogP contribution in [0.1, 0.15) is 37.8 Å². The number of fused-ring (bicyclic) bond motifs is 1. The average molecular weight is 265 g/mol. The van der Waals surface area contributed by atoms with Crippen molar-refractivity contribution >= 4 is 0 Å². The highest BCUT2D eigenvalue weighted by Crippen LogP contribution is 2.34. The van der Waals surface area contributed by atoms with Crippen LogP contribution in [0.15, 0.2) is 18.2 Å². The Kier molecular flexibility index (Phi) is 5.05. The molecule has 2 rings (SSSR count). The van der Waals surface area contributed by atoms with E-state index in [1.807, 2.05) is 25.1 Å². The van der Waals surface area contributed by atoms with Gasteiger partial charge in [-0.05, 0) is 44.5 Å². The molecular weight excluding hydrogens is 242 g/mol. The number of rotatable bonds is 6. The van der Waals surface area contributed by atoms with E-state index in [1.54, 1.807) is 7.11 Å². The Morgan fingerprint density at radius 3 is 3.11 bits per heavy atom. The van der Waals surface area contributed by atoms with E-state index in [1.165, 1.54) is 5.56 Å². The molecule has 2 unspecified atom stereocenters. The summed E-state index contributed by atoms with van der Waals surface area (Å²) in [7, 11) is 1.68. The van der Waals surface area contributed by atoms with Gasteiger partial charge < -0.3 is 19.9 Å². The van der Waals surface area contributed by atoms with Crippen LogP contribution in [0.25, 0.3) is 0 Å². The summed E-state index contributed by atoms with van der Waals surface area (Å²) in [4.78, 5) is 0. The monoisotopic (exact) mass is 265 g/mol. The van der Waals surface area contributed by atoms with Gasteiger partial charge in [-0.15, -0.1) is 0 Å². The fraction of sp³-hybridized carbons (Fsp3) is 0.600. The van der Waals surface area contributed by atoms with Crippen LogP contribution in [0.3, 0.4) is 0 Å². The minimum atomic E-state index is -0.219. The van der Waals surface area contributed by atoms with Crippen molar-refractivity contribution < 1.29 is 14.6 Å². The van der Waals surface area contributed by atoms with Gasteiger partial charge in [-0.2, -0.15) is 0 Å². The van der Waals surface area contributed by atoms with Crippen molar-refractivity contribution in [3.8, 4) is 11.5 Å². The van der Waals surface area contributed by atoms with E-state index in [4.69, 9.17) is 9.47 Å². The Hall–Kier alpha value is -1.26. The van der Waals surface area contributed by atoms with E-state index in [2.05, 4.69) is 5.32 Å². The molecule has 1 aliphatic heterocycles. The van der Waals surface area contributed by atoms with E-state index < -0.39 is 0 Å². The molecule has 0 fully saturated rings. The number of nitrogens with one attached hydrogen (secondary N) is 1. The minimum Gasteiger partial charge on any atom is -0.497 e. The third kappa shape index (κ3) is 3.85. The molecule has 0 saturated heterocycles. The fourth-order valence-electron chi connectivity index (χ4n) is 2.39. The van der Waals surface area contributed by atoms with Crippen LogP contribution in [-0.2, 0) is 0 Å². The Morgan fingerprint density at radius 2 is 2.37 bits per heavy atom. The lowest BCUT2D eigenvalue weighted by molar-refractivity contribution is 0.180. The summed E-state index contributed by atoms with van der Waals surface area (Å²) < 4.78 is 10.9. The molecule has 2 N–H and O–H groups in total. The summed E-state index contributed by atoms with van der Waals surface area (Å²) in [6.07, 6.45) is 2.56. The van der Waals surface area contributed by atoms with E-state index >= 15 is 0 Å². The van der Waals surface area contributed by atoms with Gasteiger partial charge in [0.15, 0.2) is 0 Å². The molecule has 19 heavy (non-hydrogen) atoms. The van der Waals surface area contributed by atoms with Crippen molar-refractivity contribution in [2.24, 2.45) is 0 Å². The maximum atomic E-state index is 9.25. The lowest BCUT2D eigenvalue weighted by Crippen LogP contribution is -2.28. The van der Waals surface area contributed by atoms with Crippen LogP contribution in [0, 0.1) is 0 Å². The summed E-state index contributed by atoms with van der Waals surface area (Å²) in [5.74, 6) is 1.81. The van der Waals surface area contributed by atoms with Gasteiger partial charge in [0.2, 0.25) is 0 Å². The Labute approximate surface area is 114 Å². The molecule has 1 aromatic rings. The smallest absolute Gasteiger partial charge is 0.124 e. The van der Waals surface area contributed by atoms with E-state index in [0.29, 0.717) is 6.04 Å². The molecule has 106 valence electrons. The third-order valence-electron chi connectivity index (χ3n) is 3.45. The van der Waals surface area contributed by atoms with Gasteiger partial charge in [0, 0.05) is 18.0 Å². The predicted molar refractivity (Wildman–Crippen MR) is 74.8 cm³/mol. The molecule has 0 bridgehead atoms. The standard InChI is InChI=1S/C15H23NO3/c1-11(17)4-3-8-16-14-7-9-19-15-6-5-12(18-2)10-13(14)15/h5-6,10-11,14,16-17H,3-4,7-9H2,1-2H3. The number of aliphatic hydroxyl groups is 1. The number of ether oxygens (including phenoxy) is 2. The molecule has 0 saturated carbocycles. The van der Waals surface area contributed by atoms with Crippen molar-refractivity contribution in [2.75, 3.05) is 20.3 Å². The van der Waals surface area contributed by atoms with Crippen LogP contribution in [0.5, 0.6) is 11.5 Å². The van der Waals surface area contributed by atoms with Crippen molar-refractivity contribution in [3.63, 3.8) is 0 Å². The second-order valence-electron chi connectivity index (χ2n) is 5.04. The maximum absolute atomic E-state index is 9.25. The molecule has 0 spiro atoms. The van der Waals surface area contributed by atoms with Gasteiger partial charge in [0.25, 0.3) is 0 Å². The molecule has 4 nitrogen and oxygen atoms in total. The van der Waals surface area contributed by atoms with Crippen LogP contribution >= 0.6 is 0 Å². The van der Waals surface area contributed by atoms with Gasteiger partial charge in [-0.25, -0.2) is 0 Å². The molecular formula is C15H23NO3. The zero-order valence-electron chi connectivity index (χ0n) is 11.7. The van der Waals surface area contributed by atoms with Gasteiger partial charge in [-0.1, -0.05) is 0 Å². The maximum Gasteiger partial charge on any atom is 0.124 e. The van der Waals surface area contributed by atoms with Crippen molar-refractivity contribution in [2.45, 2.75) is 38.3 Å². The normalized spacial score (nSPS) is 19.4. The predicted octanol–water partition coefficient (Wildman–Crippen LogP) is 2.27. The van der Waals surface area contributed by atoms with Crippen molar-refractivity contribution in [3.05, 3.63) is 23.8 Å². The highest BCUT2D eigenvalue weighted by molar-refractivity contribution is 5.43. The summed E-state index contributed by atoms with van der Waals surface area (Å²) >= 11 is 0. The van der Waals surface area contributed by atoms with E-state index in [0.717, 1.165) is 43.9 Å². The Morgan fingerprint density at radius 1 is 1.53 bits per heavy atom. The van der Waals surface area contributed by atoms with E-state index in [-0.39, 0.29) is 6.10 Å². The number of aliphatic hydroxyl groups excluding tert-OH is 1. The second-order valence-corrected chi connectivity index (χ2v) is 5.04. The van der Waals surface area contributed by atoms with Crippen LogP contribution in [0.2, 0.25) is 0 Å². The largest absolute Gasteiger partial charge is 0.497 e. The zero-order chi connectivity index (χ0) is 13.7. The molecule has 0 amide bonds. The first-order valence-electron chi connectivity index (χ1n) is 6.93.